The van der Waals surface area contributed by atoms with Crippen molar-refractivity contribution < 1.29 is 4.79 Å². The monoisotopic (exact) mass is 206 g/mol. The lowest BCUT2D eigenvalue weighted by atomic mass is 10.3. The van der Waals surface area contributed by atoms with E-state index < -0.39 is 0 Å². The van der Waals surface area contributed by atoms with Crippen LogP contribution in [0.25, 0.3) is 11.2 Å². The molecule has 0 unspecified atom stereocenters. The van der Waals surface area contributed by atoms with Crippen LogP contribution in [0.15, 0.2) is 6.07 Å². The third kappa shape index (κ3) is 1.35. The number of ketones is 1. The molecule has 0 aliphatic heterocycles. The number of Topliss-reactive ketones (excluding diaryl/α,β-unsaturated/α-hetero) is 1. The average Bonchev–Trinajstić information content (AvgIpc) is 2.66. The highest BCUT2D eigenvalue weighted by Gasteiger charge is 2.16. The molecule has 80 valence electrons. The summed E-state index contributed by atoms with van der Waals surface area (Å²) in [4.78, 5) is 11.3. The molecule has 2 aromatic heterocycles. The molecule has 0 fully saturated rings. The van der Waals surface area contributed by atoms with E-state index in [1.807, 2.05) is 31.6 Å². The van der Waals surface area contributed by atoms with Gasteiger partial charge in [0.15, 0.2) is 11.4 Å². The van der Waals surface area contributed by atoms with Gasteiger partial charge >= 0.3 is 0 Å². The van der Waals surface area contributed by atoms with Crippen molar-refractivity contribution in [1.29, 1.82) is 0 Å². The molecular weight excluding hydrogens is 192 g/mol. The molecular formula is C10H14N4O. The van der Waals surface area contributed by atoms with E-state index in [9.17, 15) is 4.79 Å². The molecule has 0 bridgehead atoms. The molecule has 0 aliphatic carbocycles. The Balaban J connectivity index is 2.72. The standard InChI is InChI=1S/C10H14N4O/c1-6(2)14-9-5-8(7(3)15)13(4)10(9)11-12-14/h5-6H,1-4H3. The third-order valence-corrected chi connectivity index (χ3v) is 2.51. The van der Waals surface area contributed by atoms with E-state index in [0.717, 1.165) is 11.2 Å². The number of rotatable bonds is 2. The van der Waals surface area contributed by atoms with Crippen LogP contribution < -0.4 is 0 Å². The van der Waals surface area contributed by atoms with Crippen molar-refractivity contribution in [2.24, 2.45) is 7.05 Å². The lowest BCUT2D eigenvalue weighted by Gasteiger charge is -2.02. The highest BCUT2D eigenvalue weighted by Crippen LogP contribution is 2.19. The van der Waals surface area contributed by atoms with E-state index >= 15 is 0 Å². The third-order valence-electron chi connectivity index (χ3n) is 2.51. The summed E-state index contributed by atoms with van der Waals surface area (Å²) < 4.78 is 3.60. The second kappa shape index (κ2) is 3.18. The molecule has 0 N–H and O–H groups in total. The molecule has 0 radical (unpaired) electrons. The van der Waals surface area contributed by atoms with Gasteiger partial charge < -0.3 is 4.57 Å². The molecule has 2 heterocycles. The Morgan fingerprint density at radius 2 is 2.13 bits per heavy atom. The van der Waals surface area contributed by atoms with Crippen LogP contribution in [0.1, 0.15) is 37.3 Å². The van der Waals surface area contributed by atoms with Gasteiger partial charge in [0.25, 0.3) is 0 Å². The lowest BCUT2D eigenvalue weighted by Crippen LogP contribution is -2.03. The van der Waals surface area contributed by atoms with Crippen LogP contribution in [0.2, 0.25) is 0 Å². The Morgan fingerprint density at radius 3 is 2.67 bits per heavy atom. The number of nitrogens with zero attached hydrogens (tertiary/aromatic N) is 4. The molecule has 0 aliphatic rings. The van der Waals surface area contributed by atoms with Gasteiger partial charge in [-0.3, -0.25) is 4.79 Å². The molecule has 0 saturated heterocycles. The quantitative estimate of drug-likeness (QED) is 0.700. The summed E-state index contributed by atoms with van der Waals surface area (Å²) in [6.07, 6.45) is 0. The number of hydrogen-bond acceptors (Lipinski definition) is 3. The van der Waals surface area contributed by atoms with Gasteiger partial charge in [-0.15, -0.1) is 5.10 Å². The summed E-state index contributed by atoms with van der Waals surface area (Å²) in [5.41, 5.74) is 2.34. The average molecular weight is 206 g/mol. The van der Waals surface area contributed by atoms with E-state index in [1.165, 1.54) is 0 Å². The van der Waals surface area contributed by atoms with E-state index in [2.05, 4.69) is 10.3 Å². The first kappa shape index (κ1) is 9.89. The van der Waals surface area contributed by atoms with Crippen LogP contribution in [0.5, 0.6) is 0 Å². The van der Waals surface area contributed by atoms with Crippen molar-refractivity contribution in [2.75, 3.05) is 0 Å². The topological polar surface area (TPSA) is 52.7 Å². The fourth-order valence-electron chi connectivity index (χ4n) is 1.72. The number of fused-ring (bicyclic) bond motifs is 1. The second-order valence-electron chi connectivity index (χ2n) is 3.98. The minimum atomic E-state index is 0.0470. The first-order valence-corrected chi connectivity index (χ1v) is 4.94. The molecule has 5 heteroatoms. The number of carbonyl (C=O) groups excluding carboxylic acids is 1. The van der Waals surface area contributed by atoms with Crippen LogP contribution in [0.4, 0.5) is 0 Å². The Morgan fingerprint density at radius 1 is 1.47 bits per heavy atom. The van der Waals surface area contributed by atoms with Crippen molar-refractivity contribution in [3.8, 4) is 0 Å². The van der Waals surface area contributed by atoms with Gasteiger partial charge in [0, 0.05) is 20.0 Å². The molecule has 0 aromatic carbocycles. The molecule has 0 saturated carbocycles. The van der Waals surface area contributed by atoms with Gasteiger partial charge in [0.1, 0.15) is 5.52 Å². The van der Waals surface area contributed by atoms with Crippen molar-refractivity contribution in [3.63, 3.8) is 0 Å². The van der Waals surface area contributed by atoms with E-state index in [-0.39, 0.29) is 11.8 Å². The van der Waals surface area contributed by atoms with Crippen molar-refractivity contribution in [1.82, 2.24) is 19.6 Å². The normalized spacial score (nSPS) is 11.5. The Kier molecular flexibility index (Phi) is 2.10. The molecule has 2 aromatic rings. The van der Waals surface area contributed by atoms with Crippen LogP contribution in [-0.4, -0.2) is 25.3 Å². The van der Waals surface area contributed by atoms with Crippen LogP contribution >= 0.6 is 0 Å². The maximum Gasteiger partial charge on any atom is 0.182 e. The molecule has 0 spiro atoms. The Hall–Kier alpha value is -1.65. The van der Waals surface area contributed by atoms with E-state index in [1.54, 1.807) is 11.5 Å². The minimum Gasteiger partial charge on any atom is -0.323 e. The first-order valence-electron chi connectivity index (χ1n) is 4.94. The zero-order valence-corrected chi connectivity index (χ0v) is 9.35. The fraction of sp³-hybridized carbons (Fsp3) is 0.500. The van der Waals surface area contributed by atoms with Gasteiger partial charge in [-0.1, -0.05) is 5.21 Å². The molecule has 2 rings (SSSR count). The predicted octanol–water partition coefficient (Wildman–Crippen LogP) is 1.55. The minimum absolute atomic E-state index is 0.0470. The summed E-state index contributed by atoms with van der Waals surface area (Å²) in [6.45, 7) is 5.63. The van der Waals surface area contributed by atoms with Crippen molar-refractivity contribution in [3.05, 3.63) is 11.8 Å². The Labute approximate surface area is 87.7 Å². The van der Waals surface area contributed by atoms with Crippen LogP contribution in [0.3, 0.4) is 0 Å². The van der Waals surface area contributed by atoms with Crippen LogP contribution in [0, 0.1) is 0 Å². The number of aryl methyl sites for hydroxylation is 1. The van der Waals surface area contributed by atoms with E-state index in [0.29, 0.717) is 5.69 Å². The molecule has 5 nitrogen and oxygen atoms in total. The van der Waals surface area contributed by atoms with Gasteiger partial charge in [-0.05, 0) is 19.9 Å². The fourth-order valence-corrected chi connectivity index (χ4v) is 1.72. The predicted molar refractivity (Wildman–Crippen MR) is 56.9 cm³/mol. The number of aromatic nitrogens is 4. The SMILES string of the molecule is CC(=O)c1cc2c(nnn2C(C)C)n1C. The molecule has 0 amide bonds. The van der Waals surface area contributed by atoms with Gasteiger partial charge in [-0.2, -0.15) is 0 Å². The first-order chi connectivity index (χ1) is 7.02. The summed E-state index contributed by atoms with van der Waals surface area (Å²) in [5, 5.41) is 8.12. The van der Waals surface area contributed by atoms with Crippen LogP contribution in [-0.2, 0) is 7.05 Å². The summed E-state index contributed by atoms with van der Waals surface area (Å²) in [5.74, 6) is 0.0470. The maximum atomic E-state index is 11.3. The van der Waals surface area contributed by atoms with E-state index in [4.69, 9.17) is 0 Å². The molecule has 0 atom stereocenters. The van der Waals surface area contributed by atoms with Gasteiger partial charge in [0.05, 0.1) is 5.69 Å². The van der Waals surface area contributed by atoms with Crippen molar-refractivity contribution >= 4 is 16.9 Å². The smallest absolute Gasteiger partial charge is 0.182 e. The Bertz CT molecular complexity index is 521. The molecule has 15 heavy (non-hydrogen) atoms. The number of hydrogen-bond donors (Lipinski definition) is 0. The zero-order valence-electron chi connectivity index (χ0n) is 9.35. The highest BCUT2D eigenvalue weighted by atomic mass is 16.1. The summed E-state index contributed by atoms with van der Waals surface area (Å²) in [6, 6.07) is 2.09. The largest absolute Gasteiger partial charge is 0.323 e. The van der Waals surface area contributed by atoms with Gasteiger partial charge in [-0.25, -0.2) is 4.68 Å². The zero-order chi connectivity index (χ0) is 11.2. The summed E-state index contributed by atoms with van der Waals surface area (Å²) >= 11 is 0. The highest BCUT2D eigenvalue weighted by molar-refractivity contribution is 5.97. The maximum absolute atomic E-state index is 11.3. The van der Waals surface area contributed by atoms with Crippen molar-refractivity contribution in [2.45, 2.75) is 26.8 Å². The van der Waals surface area contributed by atoms with Gasteiger partial charge in [0.2, 0.25) is 0 Å². The summed E-state index contributed by atoms with van der Waals surface area (Å²) in [7, 11) is 1.83. The lowest BCUT2D eigenvalue weighted by molar-refractivity contribution is 0.101. The second-order valence-corrected chi connectivity index (χ2v) is 3.98. The number of carbonyl (C=O) groups is 1.